The summed E-state index contributed by atoms with van der Waals surface area (Å²) in [4.78, 5) is 29.1. The van der Waals surface area contributed by atoms with Crippen LogP contribution in [-0.4, -0.2) is 45.2 Å². The Bertz CT molecular complexity index is 861. The summed E-state index contributed by atoms with van der Waals surface area (Å²) in [7, 11) is -1.44. The van der Waals surface area contributed by atoms with Crippen LogP contribution in [0, 0.1) is 0 Å². The first kappa shape index (κ1) is 21.8. The van der Waals surface area contributed by atoms with Crippen molar-refractivity contribution in [3.05, 3.63) is 28.8 Å². The monoisotopic (exact) mass is 429 g/mol. The molecule has 148 valence electrons. The molecule has 1 aromatic carbocycles. The van der Waals surface area contributed by atoms with Crippen LogP contribution in [0.4, 0.5) is 0 Å². The van der Waals surface area contributed by atoms with E-state index in [9.17, 15) is 13.8 Å². The molecule has 1 amide bonds. The van der Waals surface area contributed by atoms with E-state index in [1.807, 2.05) is 0 Å². The first-order valence-electron chi connectivity index (χ1n) is 8.18. The smallest absolute Gasteiger partial charge is 0.338 e. The third-order valence-corrected chi connectivity index (χ3v) is 6.14. The SMILES string of the molecule is CS(=O)C(C(=O)NCCSN)c1nc2cc(C(=O)OC(C)(C)C)ccc2s1. The molecular weight excluding hydrogens is 406 g/mol. The molecule has 0 aliphatic rings. The van der Waals surface area contributed by atoms with Crippen molar-refractivity contribution in [3.63, 3.8) is 0 Å². The summed E-state index contributed by atoms with van der Waals surface area (Å²) in [6.07, 6.45) is 1.47. The first-order chi connectivity index (χ1) is 12.6. The number of aromatic nitrogens is 1. The summed E-state index contributed by atoms with van der Waals surface area (Å²) in [5.41, 5.74) is 0.357. The zero-order valence-electron chi connectivity index (χ0n) is 15.6. The number of amides is 1. The molecule has 0 saturated carbocycles. The van der Waals surface area contributed by atoms with Crippen LogP contribution < -0.4 is 10.5 Å². The van der Waals surface area contributed by atoms with E-state index in [1.165, 1.54) is 17.6 Å². The Balaban J connectivity index is 2.29. The fourth-order valence-corrected chi connectivity index (χ4v) is 4.67. The Morgan fingerprint density at radius 3 is 2.70 bits per heavy atom. The topological polar surface area (TPSA) is 111 Å². The highest BCUT2D eigenvalue weighted by molar-refractivity contribution is 7.97. The number of carbonyl (C=O) groups excluding carboxylic acids is 2. The molecule has 0 radical (unpaired) electrons. The van der Waals surface area contributed by atoms with Gasteiger partial charge in [0.15, 0.2) is 5.25 Å². The molecule has 0 saturated heterocycles. The van der Waals surface area contributed by atoms with Gasteiger partial charge < -0.3 is 10.1 Å². The number of nitrogens with zero attached hydrogens (tertiary/aromatic N) is 1. The number of hydrogen-bond acceptors (Lipinski definition) is 8. The molecule has 1 aromatic heterocycles. The van der Waals surface area contributed by atoms with Gasteiger partial charge in [-0.25, -0.2) is 9.78 Å². The minimum atomic E-state index is -1.44. The van der Waals surface area contributed by atoms with E-state index in [0.717, 1.165) is 16.6 Å². The van der Waals surface area contributed by atoms with Crippen molar-refractivity contribution in [1.82, 2.24) is 10.3 Å². The summed E-state index contributed by atoms with van der Waals surface area (Å²) in [6, 6.07) is 5.05. The average molecular weight is 430 g/mol. The fourth-order valence-electron chi connectivity index (χ4n) is 2.25. The number of hydrogen-bond donors (Lipinski definition) is 2. The van der Waals surface area contributed by atoms with Crippen LogP contribution in [0.2, 0.25) is 0 Å². The molecule has 10 heteroatoms. The zero-order chi connectivity index (χ0) is 20.2. The van der Waals surface area contributed by atoms with E-state index in [1.54, 1.807) is 39.0 Å². The second kappa shape index (κ2) is 9.13. The highest BCUT2D eigenvalue weighted by Crippen LogP contribution is 2.30. The van der Waals surface area contributed by atoms with Crippen molar-refractivity contribution in [3.8, 4) is 0 Å². The summed E-state index contributed by atoms with van der Waals surface area (Å²) < 4.78 is 18.3. The molecule has 0 aliphatic heterocycles. The van der Waals surface area contributed by atoms with Crippen LogP contribution in [-0.2, 0) is 20.3 Å². The molecule has 3 N–H and O–H groups in total. The third-order valence-electron chi connectivity index (χ3n) is 3.35. The normalized spacial score (nSPS) is 14.0. The Labute approximate surface area is 169 Å². The molecular formula is C17H23N3O4S3. The molecule has 2 aromatic rings. The van der Waals surface area contributed by atoms with Gasteiger partial charge in [-0.05, 0) is 39.0 Å². The zero-order valence-corrected chi connectivity index (χ0v) is 18.1. The third kappa shape index (κ3) is 6.00. The number of esters is 1. The van der Waals surface area contributed by atoms with Crippen molar-refractivity contribution < 1.29 is 18.5 Å². The summed E-state index contributed by atoms with van der Waals surface area (Å²) in [5, 5.41) is 7.65. The molecule has 0 fully saturated rings. The van der Waals surface area contributed by atoms with Crippen LogP contribution in [0.25, 0.3) is 10.2 Å². The molecule has 2 atom stereocenters. The summed E-state index contributed by atoms with van der Waals surface area (Å²) in [6.45, 7) is 5.79. The van der Waals surface area contributed by atoms with Crippen molar-refractivity contribution in [2.45, 2.75) is 31.6 Å². The maximum atomic E-state index is 12.4. The standard InChI is InChI=1S/C17H23N3O4S3/c1-17(2,3)24-16(22)10-5-6-12-11(9-10)20-15(26-12)13(27(4)23)14(21)19-7-8-25-18/h5-6,9,13H,7-8,18H2,1-4H3,(H,19,21). The van der Waals surface area contributed by atoms with E-state index in [0.29, 0.717) is 28.4 Å². The predicted octanol–water partition coefficient (Wildman–Crippen LogP) is 2.39. The van der Waals surface area contributed by atoms with E-state index in [-0.39, 0.29) is 5.91 Å². The van der Waals surface area contributed by atoms with Gasteiger partial charge in [-0.2, -0.15) is 0 Å². The van der Waals surface area contributed by atoms with Crippen molar-refractivity contribution in [2.24, 2.45) is 5.14 Å². The summed E-state index contributed by atoms with van der Waals surface area (Å²) >= 11 is 2.41. The lowest BCUT2D eigenvalue weighted by Gasteiger charge is -2.19. The Kier molecular flexibility index (Phi) is 7.38. The Morgan fingerprint density at radius 1 is 1.41 bits per heavy atom. The lowest BCUT2D eigenvalue weighted by Crippen LogP contribution is -2.33. The second-order valence-electron chi connectivity index (χ2n) is 6.78. The van der Waals surface area contributed by atoms with Crippen LogP contribution in [0.1, 0.15) is 41.4 Å². The number of ether oxygens (including phenoxy) is 1. The van der Waals surface area contributed by atoms with Gasteiger partial charge in [0.2, 0.25) is 5.91 Å². The average Bonchev–Trinajstić information content (AvgIpc) is 2.95. The van der Waals surface area contributed by atoms with Crippen LogP contribution >= 0.6 is 23.3 Å². The maximum absolute atomic E-state index is 12.4. The van der Waals surface area contributed by atoms with E-state index < -0.39 is 27.6 Å². The highest BCUT2D eigenvalue weighted by atomic mass is 32.2. The van der Waals surface area contributed by atoms with Gasteiger partial charge in [0.05, 0.1) is 15.8 Å². The van der Waals surface area contributed by atoms with E-state index in [2.05, 4.69) is 10.3 Å². The largest absolute Gasteiger partial charge is 0.456 e. The van der Waals surface area contributed by atoms with Gasteiger partial charge in [-0.3, -0.25) is 14.1 Å². The van der Waals surface area contributed by atoms with Crippen molar-refractivity contribution >= 4 is 56.2 Å². The lowest BCUT2D eigenvalue weighted by atomic mass is 10.1. The van der Waals surface area contributed by atoms with E-state index in [4.69, 9.17) is 9.88 Å². The second-order valence-corrected chi connectivity index (χ2v) is 10.0. The number of carbonyl (C=O) groups is 2. The van der Waals surface area contributed by atoms with Crippen LogP contribution in [0.5, 0.6) is 0 Å². The summed E-state index contributed by atoms with van der Waals surface area (Å²) in [5.74, 6) is -0.226. The number of fused-ring (bicyclic) bond motifs is 1. The van der Waals surface area contributed by atoms with Gasteiger partial charge in [0.25, 0.3) is 0 Å². The number of nitrogens with one attached hydrogen (secondary N) is 1. The minimum absolute atomic E-state index is 0.351. The van der Waals surface area contributed by atoms with Gasteiger partial charge in [-0.15, -0.1) is 11.3 Å². The molecule has 0 bridgehead atoms. The van der Waals surface area contributed by atoms with Gasteiger partial charge in [-0.1, -0.05) is 11.9 Å². The lowest BCUT2D eigenvalue weighted by molar-refractivity contribution is -0.120. The minimum Gasteiger partial charge on any atom is -0.456 e. The number of benzene rings is 1. The van der Waals surface area contributed by atoms with Gasteiger partial charge in [0.1, 0.15) is 10.6 Å². The molecule has 7 nitrogen and oxygen atoms in total. The van der Waals surface area contributed by atoms with Gasteiger partial charge in [0, 0.05) is 29.4 Å². The van der Waals surface area contributed by atoms with Gasteiger partial charge >= 0.3 is 5.97 Å². The van der Waals surface area contributed by atoms with Crippen molar-refractivity contribution in [1.29, 1.82) is 0 Å². The Morgan fingerprint density at radius 2 is 2.11 bits per heavy atom. The number of rotatable bonds is 7. The maximum Gasteiger partial charge on any atom is 0.338 e. The predicted molar refractivity (Wildman–Crippen MR) is 111 cm³/mol. The quantitative estimate of drug-likeness (QED) is 0.395. The molecule has 27 heavy (non-hydrogen) atoms. The number of nitrogens with two attached hydrogens (primary N) is 1. The van der Waals surface area contributed by atoms with Crippen LogP contribution in [0.3, 0.4) is 0 Å². The molecule has 0 aliphatic carbocycles. The molecule has 1 heterocycles. The highest BCUT2D eigenvalue weighted by Gasteiger charge is 2.28. The molecule has 0 spiro atoms. The number of thiazole rings is 1. The molecule has 2 unspecified atom stereocenters. The fraction of sp³-hybridized carbons (Fsp3) is 0.471. The molecule has 2 rings (SSSR count). The van der Waals surface area contributed by atoms with E-state index >= 15 is 0 Å². The Hall–Kier alpha value is -1.49. The van der Waals surface area contributed by atoms with Crippen molar-refractivity contribution in [2.75, 3.05) is 18.6 Å². The van der Waals surface area contributed by atoms with Crippen LogP contribution in [0.15, 0.2) is 18.2 Å². The first-order valence-corrected chi connectivity index (χ1v) is 11.7.